The SMILES string of the molecule is CCCNCc1cc(COc2ccc(C)nc2)oc1C. The molecule has 4 nitrogen and oxygen atoms in total. The zero-order valence-corrected chi connectivity index (χ0v) is 12.4. The Bertz CT molecular complexity index is 532. The minimum Gasteiger partial charge on any atom is -0.484 e. The predicted octanol–water partition coefficient (Wildman–Crippen LogP) is 3.37. The van der Waals surface area contributed by atoms with Crippen LogP contribution in [-0.4, -0.2) is 11.5 Å². The van der Waals surface area contributed by atoms with Gasteiger partial charge in [-0.15, -0.1) is 0 Å². The van der Waals surface area contributed by atoms with Gasteiger partial charge in [-0.2, -0.15) is 0 Å². The second kappa shape index (κ2) is 7.10. The summed E-state index contributed by atoms with van der Waals surface area (Å²) in [6, 6.07) is 5.91. The van der Waals surface area contributed by atoms with Gasteiger partial charge in [0.2, 0.25) is 0 Å². The van der Waals surface area contributed by atoms with E-state index in [0.717, 1.165) is 42.5 Å². The maximum Gasteiger partial charge on any atom is 0.146 e. The van der Waals surface area contributed by atoms with Crippen LogP contribution in [-0.2, 0) is 13.2 Å². The first-order chi connectivity index (χ1) is 9.69. The molecule has 0 bridgehead atoms. The highest BCUT2D eigenvalue weighted by Crippen LogP contribution is 2.17. The minimum atomic E-state index is 0.430. The topological polar surface area (TPSA) is 47.3 Å². The highest BCUT2D eigenvalue weighted by molar-refractivity contribution is 5.22. The van der Waals surface area contributed by atoms with Gasteiger partial charge in [0.25, 0.3) is 0 Å². The maximum absolute atomic E-state index is 5.71. The number of hydrogen-bond acceptors (Lipinski definition) is 4. The number of ether oxygens (including phenoxy) is 1. The van der Waals surface area contributed by atoms with E-state index < -0.39 is 0 Å². The largest absolute Gasteiger partial charge is 0.484 e. The van der Waals surface area contributed by atoms with Gasteiger partial charge >= 0.3 is 0 Å². The van der Waals surface area contributed by atoms with Crippen molar-refractivity contribution in [2.75, 3.05) is 6.54 Å². The maximum atomic E-state index is 5.71. The summed E-state index contributed by atoms with van der Waals surface area (Å²) in [4.78, 5) is 4.20. The fraction of sp³-hybridized carbons (Fsp3) is 0.438. The number of hydrogen-bond donors (Lipinski definition) is 1. The lowest BCUT2D eigenvalue weighted by Gasteiger charge is -2.03. The van der Waals surface area contributed by atoms with E-state index in [1.807, 2.05) is 26.0 Å². The average molecular weight is 274 g/mol. The van der Waals surface area contributed by atoms with Crippen LogP contribution in [0.1, 0.15) is 36.1 Å². The fourth-order valence-corrected chi connectivity index (χ4v) is 1.93. The highest BCUT2D eigenvalue weighted by Gasteiger charge is 2.07. The molecule has 2 rings (SSSR count). The van der Waals surface area contributed by atoms with Gasteiger partial charge in [0.05, 0.1) is 6.20 Å². The molecular weight excluding hydrogens is 252 g/mol. The van der Waals surface area contributed by atoms with Gasteiger partial charge in [0.1, 0.15) is 23.9 Å². The molecule has 0 atom stereocenters. The normalized spacial score (nSPS) is 10.8. The lowest BCUT2D eigenvalue weighted by atomic mass is 10.2. The van der Waals surface area contributed by atoms with Crippen molar-refractivity contribution in [3.8, 4) is 5.75 Å². The van der Waals surface area contributed by atoms with E-state index >= 15 is 0 Å². The van der Waals surface area contributed by atoms with E-state index in [-0.39, 0.29) is 0 Å². The number of rotatable bonds is 7. The standard InChI is InChI=1S/C16H22N2O2/c1-4-7-17-9-14-8-16(20-13(14)3)11-19-15-6-5-12(2)18-10-15/h5-6,8,10,17H,4,7,9,11H2,1-3H3. The Labute approximate surface area is 120 Å². The highest BCUT2D eigenvalue weighted by atomic mass is 16.5. The van der Waals surface area contributed by atoms with Crippen LogP contribution in [0.2, 0.25) is 0 Å². The number of pyridine rings is 1. The van der Waals surface area contributed by atoms with Gasteiger partial charge in [-0.05, 0) is 45.0 Å². The first-order valence-electron chi connectivity index (χ1n) is 7.03. The van der Waals surface area contributed by atoms with Gasteiger partial charge in [0.15, 0.2) is 0 Å². The van der Waals surface area contributed by atoms with E-state index in [2.05, 4.69) is 23.3 Å². The summed E-state index contributed by atoms with van der Waals surface area (Å²) in [6.45, 7) is 8.39. The molecule has 0 spiro atoms. The van der Waals surface area contributed by atoms with Crippen molar-refractivity contribution in [3.63, 3.8) is 0 Å². The molecule has 2 aromatic heterocycles. The van der Waals surface area contributed by atoms with Gasteiger partial charge in [-0.3, -0.25) is 4.98 Å². The zero-order valence-electron chi connectivity index (χ0n) is 12.4. The van der Waals surface area contributed by atoms with Crippen LogP contribution in [0.4, 0.5) is 0 Å². The molecule has 0 amide bonds. The van der Waals surface area contributed by atoms with Crippen molar-refractivity contribution in [2.45, 2.75) is 40.3 Å². The molecule has 0 aliphatic carbocycles. The number of aryl methyl sites for hydroxylation is 2. The Morgan fingerprint density at radius 2 is 2.15 bits per heavy atom. The van der Waals surface area contributed by atoms with Crippen molar-refractivity contribution in [1.82, 2.24) is 10.3 Å². The Balaban J connectivity index is 1.89. The molecule has 1 N–H and O–H groups in total. The zero-order chi connectivity index (χ0) is 14.4. The number of aromatic nitrogens is 1. The van der Waals surface area contributed by atoms with Crippen LogP contribution in [0.3, 0.4) is 0 Å². The first-order valence-corrected chi connectivity index (χ1v) is 7.03. The van der Waals surface area contributed by atoms with Crippen molar-refractivity contribution >= 4 is 0 Å². The van der Waals surface area contributed by atoms with Gasteiger partial charge in [-0.1, -0.05) is 6.92 Å². The fourth-order valence-electron chi connectivity index (χ4n) is 1.93. The molecule has 0 aliphatic heterocycles. The van der Waals surface area contributed by atoms with Crippen LogP contribution in [0, 0.1) is 13.8 Å². The summed E-state index contributed by atoms with van der Waals surface area (Å²) in [7, 11) is 0. The van der Waals surface area contributed by atoms with E-state index in [1.165, 1.54) is 5.56 Å². The van der Waals surface area contributed by atoms with E-state index in [0.29, 0.717) is 6.61 Å². The smallest absolute Gasteiger partial charge is 0.146 e. The lowest BCUT2D eigenvalue weighted by Crippen LogP contribution is -2.13. The molecule has 0 fully saturated rings. The third-order valence-electron chi connectivity index (χ3n) is 3.08. The van der Waals surface area contributed by atoms with Crippen LogP contribution in [0.5, 0.6) is 5.75 Å². The summed E-state index contributed by atoms with van der Waals surface area (Å²) in [6.07, 6.45) is 2.86. The summed E-state index contributed by atoms with van der Waals surface area (Å²) in [5, 5.41) is 3.37. The van der Waals surface area contributed by atoms with E-state index in [9.17, 15) is 0 Å². The van der Waals surface area contributed by atoms with Crippen LogP contribution < -0.4 is 10.1 Å². The Morgan fingerprint density at radius 1 is 1.30 bits per heavy atom. The molecule has 0 saturated carbocycles. The number of nitrogens with zero attached hydrogens (tertiary/aromatic N) is 1. The quantitative estimate of drug-likeness (QED) is 0.786. The second-order valence-corrected chi connectivity index (χ2v) is 4.89. The third-order valence-corrected chi connectivity index (χ3v) is 3.08. The number of furan rings is 1. The van der Waals surface area contributed by atoms with Gasteiger partial charge in [-0.25, -0.2) is 0 Å². The molecule has 20 heavy (non-hydrogen) atoms. The molecule has 2 heterocycles. The number of nitrogens with one attached hydrogen (secondary N) is 1. The summed E-state index contributed by atoms with van der Waals surface area (Å²) >= 11 is 0. The molecular formula is C16H22N2O2. The lowest BCUT2D eigenvalue weighted by molar-refractivity contribution is 0.266. The molecule has 2 aromatic rings. The molecule has 0 aromatic carbocycles. The van der Waals surface area contributed by atoms with Crippen molar-refractivity contribution in [3.05, 3.63) is 47.2 Å². The van der Waals surface area contributed by atoms with Crippen molar-refractivity contribution in [2.24, 2.45) is 0 Å². The third kappa shape index (κ3) is 4.10. The molecule has 0 aliphatic rings. The first kappa shape index (κ1) is 14.6. The second-order valence-electron chi connectivity index (χ2n) is 4.89. The van der Waals surface area contributed by atoms with Crippen LogP contribution in [0.25, 0.3) is 0 Å². The van der Waals surface area contributed by atoms with E-state index in [4.69, 9.17) is 9.15 Å². The Hall–Kier alpha value is -1.81. The van der Waals surface area contributed by atoms with Crippen LogP contribution >= 0.6 is 0 Å². The monoisotopic (exact) mass is 274 g/mol. The average Bonchev–Trinajstić information content (AvgIpc) is 2.79. The summed E-state index contributed by atoms with van der Waals surface area (Å²) < 4.78 is 11.4. The minimum absolute atomic E-state index is 0.430. The molecule has 108 valence electrons. The molecule has 0 saturated heterocycles. The Kier molecular flexibility index (Phi) is 5.18. The van der Waals surface area contributed by atoms with Gasteiger partial charge < -0.3 is 14.5 Å². The molecule has 0 radical (unpaired) electrons. The molecule has 4 heteroatoms. The van der Waals surface area contributed by atoms with Gasteiger partial charge in [0, 0.05) is 17.8 Å². The summed E-state index contributed by atoms with van der Waals surface area (Å²) in [5.41, 5.74) is 2.18. The summed E-state index contributed by atoms with van der Waals surface area (Å²) in [5.74, 6) is 2.56. The van der Waals surface area contributed by atoms with Crippen LogP contribution in [0.15, 0.2) is 28.8 Å². The van der Waals surface area contributed by atoms with Crippen molar-refractivity contribution < 1.29 is 9.15 Å². The van der Waals surface area contributed by atoms with E-state index in [1.54, 1.807) is 6.20 Å². The Morgan fingerprint density at radius 3 is 2.85 bits per heavy atom. The predicted molar refractivity (Wildman–Crippen MR) is 78.7 cm³/mol. The van der Waals surface area contributed by atoms with Crippen molar-refractivity contribution in [1.29, 1.82) is 0 Å². The molecule has 0 unspecified atom stereocenters.